The van der Waals surface area contributed by atoms with E-state index in [-0.39, 0.29) is 11.3 Å². The van der Waals surface area contributed by atoms with Crippen LogP contribution in [-0.2, 0) is 0 Å². The average Bonchev–Trinajstić information content (AvgIpc) is 2.53. The van der Waals surface area contributed by atoms with E-state index >= 15 is 0 Å². The number of rotatable bonds is 3. The molecule has 112 valence electrons. The van der Waals surface area contributed by atoms with Crippen LogP contribution in [0.3, 0.4) is 0 Å². The number of hydrogen-bond acceptors (Lipinski definition) is 4. The van der Waals surface area contributed by atoms with Gasteiger partial charge in [0.25, 0.3) is 17.5 Å². The van der Waals surface area contributed by atoms with E-state index in [1.54, 1.807) is 24.3 Å². The summed E-state index contributed by atoms with van der Waals surface area (Å²) in [5.41, 5.74) is 6.06. The molecular weight excluding hydrogens is 286 g/mol. The molecule has 0 aliphatic heterocycles. The molecule has 2 amide bonds. The molecule has 0 aliphatic rings. The highest BCUT2D eigenvalue weighted by Crippen LogP contribution is 2.11. The molecule has 0 fully saturated rings. The maximum absolute atomic E-state index is 11.8. The first-order chi connectivity index (χ1) is 10.5. The van der Waals surface area contributed by atoms with Crippen molar-refractivity contribution in [2.45, 2.75) is 6.92 Å². The van der Waals surface area contributed by atoms with Gasteiger partial charge in [0.2, 0.25) is 0 Å². The Morgan fingerprint density at radius 1 is 0.864 bits per heavy atom. The number of hydrogen-bond donors (Lipinski definition) is 2. The molecule has 0 saturated heterocycles. The van der Waals surface area contributed by atoms with E-state index in [1.807, 2.05) is 6.92 Å². The first-order valence-corrected chi connectivity index (χ1v) is 6.39. The third-order valence-corrected chi connectivity index (χ3v) is 2.94. The van der Waals surface area contributed by atoms with Gasteiger partial charge >= 0.3 is 0 Å². The topological polar surface area (TPSA) is 101 Å². The van der Waals surface area contributed by atoms with Gasteiger partial charge in [0.1, 0.15) is 0 Å². The highest BCUT2D eigenvalue weighted by atomic mass is 16.6. The molecule has 0 bridgehead atoms. The summed E-state index contributed by atoms with van der Waals surface area (Å²) in [5.74, 6) is -1.01. The number of carbonyl (C=O) groups is 2. The van der Waals surface area contributed by atoms with Crippen LogP contribution in [0.25, 0.3) is 0 Å². The molecule has 0 aliphatic carbocycles. The Morgan fingerprint density at radius 2 is 1.27 bits per heavy atom. The van der Waals surface area contributed by atoms with Gasteiger partial charge < -0.3 is 0 Å². The summed E-state index contributed by atoms with van der Waals surface area (Å²) in [5, 5.41) is 10.5. The molecular formula is C15H13N3O4. The summed E-state index contributed by atoms with van der Waals surface area (Å²) in [6, 6.07) is 11.9. The van der Waals surface area contributed by atoms with Crippen LogP contribution in [0.5, 0.6) is 0 Å². The van der Waals surface area contributed by atoms with Crippen LogP contribution in [-0.4, -0.2) is 16.7 Å². The van der Waals surface area contributed by atoms with Crippen molar-refractivity contribution in [3.05, 3.63) is 75.3 Å². The molecule has 2 aromatic carbocycles. The molecule has 2 rings (SSSR count). The van der Waals surface area contributed by atoms with E-state index in [0.29, 0.717) is 5.56 Å². The number of benzene rings is 2. The van der Waals surface area contributed by atoms with E-state index in [2.05, 4.69) is 10.9 Å². The van der Waals surface area contributed by atoms with E-state index < -0.39 is 16.7 Å². The van der Waals surface area contributed by atoms with Crippen molar-refractivity contribution in [2.24, 2.45) is 0 Å². The van der Waals surface area contributed by atoms with Crippen LogP contribution in [0.1, 0.15) is 26.3 Å². The Balaban J connectivity index is 1.96. The number of nitrogens with zero attached hydrogens (tertiary/aromatic N) is 1. The van der Waals surface area contributed by atoms with Crippen LogP contribution < -0.4 is 10.9 Å². The quantitative estimate of drug-likeness (QED) is 0.668. The lowest BCUT2D eigenvalue weighted by Crippen LogP contribution is -2.41. The van der Waals surface area contributed by atoms with Crippen LogP contribution >= 0.6 is 0 Å². The van der Waals surface area contributed by atoms with Crippen molar-refractivity contribution in [1.82, 2.24) is 10.9 Å². The number of nitro groups is 1. The molecule has 0 radical (unpaired) electrons. The van der Waals surface area contributed by atoms with Gasteiger partial charge in [-0.1, -0.05) is 17.7 Å². The van der Waals surface area contributed by atoms with E-state index in [1.165, 1.54) is 24.3 Å². The molecule has 7 heteroatoms. The number of hydrazine groups is 1. The summed E-state index contributed by atoms with van der Waals surface area (Å²) in [7, 11) is 0. The van der Waals surface area contributed by atoms with Crippen LogP contribution in [0, 0.1) is 17.0 Å². The van der Waals surface area contributed by atoms with Gasteiger partial charge in [0, 0.05) is 23.3 Å². The minimum Gasteiger partial charge on any atom is -0.267 e. The first-order valence-electron chi connectivity index (χ1n) is 6.39. The highest BCUT2D eigenvalue weighted by Gasteiger charge is 2.11. The lowest BCUT2D eigenvalue weighted by molar-refractivity contribution is -0.384. The van der Waals surface area contributed by atoms with Gasteiger partial charge in [-0.05, 0) is 31.2 Å². The Labute approximate surface area is 126 Å². The highest BCUT2D eigenvalue weighted by molar-refractivity contribution is 5.99. The van der Waals surface area contributed by atoms with Gasteiger partial charge in [-0.3, -0.25) is 30.6 Å². The van der Waals surface area contributed by atoms with E-state index in [0.717, 1.165) is 5.56 Å². The summed E-state index contributed by atoms with van der Waals surface area (Å²) in [4.78, 5) is 33.6. The fraction of sp³-hybridized carbons (Fsp3) is 0.0667. The van der Waals surface area contributed by atoms with Gasteiger partial charge in [-0.15, -0.1) is 0 Å². The third-order valence-electron chi connectivity index (χ3n) is 2.94. The van der Waals surface area contributed by atoms with Crippen molar-refractivity contribution >= 4 is 17.5 Å². The molecule has 22 heavy (non-hydrogen) atoms. The van der Waals surface area contributed by atoms with Gasteiger partial charge in [-0.2, -0.15) is 0 Å². The predicted molar refractivity (Wildman–Crippen MR) is 79.2 cm³/mol. The Bertz CT molecular complexity index is 709. The standard InChI is InChI=1S/C15H13N3O4/c1-10-2-4-11(5-3-10)14(19)16-17-15(20)12-6-8-13(9-7-12)18(21)22/h2-9H,1H3,(H,16,19)(H,17,20). The SMILES string of the molecule is Cc1ccc(C(=O)NNC(=O)c2ccc([N+](=O)[O-])cc2)cc1. The molecule has 0 heterocycles. The number of aryl methyl sites for hydroxylation is 1. The van der Waals surface area contributed by atoms with Gasteiger partial charge in [-0.25, -0.2) is 0 Å². The Kier molecular flexibility index (Phi) is 4.47. The Hall–Kier alpha value is -3.22. The van der Waals surface area contributed by atoms with Crippen molar-refractivity contribution in [1.29, 1.82) is 0 Å². The minimum absolute atomic E-state index is 0.111. The summed E-state index contributed by atoms with van der Waals surface area (Å²) >= 11 is 0. The molecule has 0 unspecified atom stereocenters. The second-order valence-electron chi connectivity index (χ2n) is 4.58. The number of carbonyl (C=O) groups excluding carboxylic acids is 2. The lowest BCUT2D eigenvalue weighted by Gasteiger charge is -2.07. The van der Waals surface area contributed by atoms with Crippen molar-refractivity contribution in [2.75, 3.05) is 0 Å². The lowest BCUT2D eigenvalue weighted by atomic mass is 10.1. The minimum atomic E-state index is -0.560. The second kappa shape index (κ2) is 6.49. The number of amides is 2. The monoisotopic (exact) mass is 299 g/mol. The van der Waals surface area contributed by atoms with Crippen molar-refractivity contribution in [3.8, 4) is 0 Å². The molecule has 2 aromatic rings. The van der Waals surface area contributed by atoms with E-state index in [9.17, 15) is 19.7 Å². The molecule has 0 atom stereocenters. The number of nitrogens with one attached hydrogen (secondary N) is 2. The summed E-state index contributed by atoms with van der Waals surface area (Å²) < 4.78 is 0. The van der Waals surface area contributed by atoms with E-state index in [4.69, 9.17) is 0 Å². The fourth-order valence-electron chi connectivity index (χ4n) is 1.70. The maximum atomic E-state index is 11.8. The zero-order chi connectivity index (χ0) is 16.1. The average molecular weight is 299 g/mol. The van der Waals surface area contributed by atoms with Crippen LogP contribution in [0.15, 0.2) is 48.5 Å². The number of nitro benzene ring substituents is 1. The van der Waals surface area contributed by atoms with Gasteiger partial charge in [0.05, 0.1) is 4.92 Å². The van der Waals surface area contributed by atoms with Gasteiger partial charge in [0.15, 0.2) is 0 Å². The third kappa shape index (κ3) is 3.66. The molecule has 0 saturated carbocycles. The summed E-state index contributed by atoms with van der Waals surface area (Å²) in [6.07, 6.45) is 0. The Morgan fingerprint density at radius 3 is 1.68 bits per heavy atom. The normalized spacial score (nSPS) is 9.86. The molecule has 2 N–H and O–H groups in total. The predicted octanol–water partition coefficient (Wildman–Crippen LogP) is 1.98. The van der Waals surface area contributed by atoms with Crippen LogP contribution in [0.4, 0.5) is 5.69 Å². The largest absolute Gasteiger partial charge is 0.269 e. The smallest absolute Gasteiger partial charge is 0.267 e. The first kappa shape index (κ1) is 15.2. The van der Waals surface area contributed by atoms with Crippen molar-refractivity contribution < 1.29 is 14.5 Å². The molecule has 0 aromatic heterocycles. The number of non-ortho nitro benzene ring substituents is 1. The second-order valence-corrected chi connectivity index (χ2v) is 4.58. The van der Waals surface area contributed by atoms with Crippen LogP contribution in [0.2, 0.25) is 0 Å². The molecule has 0 spiro atoms. The fourth-order valence-corrected chi connectivity index (χ4v) is 1.70. The molecule has 7 nitrogen and oxygen atoms in total. The zero-order valence-corrected chi connectivity index (χ0v) is 11.7. The van der Waals surface area contributed by atoms with Crippen molar-refractivity contribution in [3.63, 3.8) is 0 Å². The summed E-state index contributed by atoms with van der Waals surface area (Å²) in [6.45, 7) is 1.90. The zero-order valence-electron chi connectivity index (χ0n) is 11.7. The maximum Gasteiger partial charge on any atom is 0.269 e.